The highest BCUT2D eigenvalue weighted by Crippen LogP contribution is 2.18. The molecule has 3 aromatic rings. The van der Waals surface area contributed by atoms with Crippen LogP contribution in [-0.4, -0.2) is 5.91 Å². The molecule has 0 bridgehead atoms. The van der Waals surface area contributed by atoms with Gasteiger partial charge in [-0.1, -0.05) is 48.0 Å². The minimum absolute atomic E-state index is 0.188. The molecule has 3 nitrogen and oxygen atoms in total. The van der Waals surface area contributed by atoms with Crippen molar-refractivity contribution < 1.29 is 9.53 Å². The molecule has 0 saturated carbocycles. The third-order valence-electron chi connectivity index (χ3n) is 3.45. The van der Waals surface area contributed by atoms with Crippen LogP contribution in [0.2, 0.25) is 5.02 Å². The van der Waals surface area contributed by atoms with Crippen LogP contribution in [0.4, 0.5) is 5.69 Å². The molecule has 24 heavy (non-hydrogen) atoms. The standard InChI is InChI=1S/C20H16ClNO2/c21-17-7-4-8-18(13-17)22-20(23)16-9-11-19(12-10-16)24-14-15-5-2-1-3-6-15/h1-13H,14H2,(H,22,23). The molecule has 0 radical (unpaired) electrons. The van der Waals surface area contributed by atoms with Crippen LogP contribution in [0.15, 0.2) is 78.9 Å². The highest BCUT2D eigenvalue weighted by atomic mass is 35.5. The van der Waals surface area contributed by atoms with Crippen LogP contribution in [0.25, 0.3) is 0 Å². The van der Waals surface area contributed by atoms with Gasteiger partial charge in [0.15, 0.2) is 0 Å². The molecule has 0 spiro atoms. The van der Waals surface area contributed by atoms with E-state index in [0.29, 0.717) is 22.9 Å². The molecular weight excluding hydrogens is 322 g/mol. The Morgan fingerprint density at radius 1 is 0.917 bits per heavy atom. The summed E-state index contributed by atoms with van der Waals surface area (Å²) in [6.45, 7) is 0.495. The average Bonchev–Trinajstić information content (AvgIpc) is 2.61. The van der Waals surface area contributed by atoms with E-state index in [4.69, 9.17) is 16.3 Å². The highest BCUT2D eigenvalue weighted by Gasteiger charge is 2.06. The second-order valence-corrected chi connectivity index (χ2v) is 5.70. The third-order valence-corrected chi connectivity index (χ3v) is 3.68. The monoisotopic (exact) mass is 337 g/mol. The first-order valence-electron chi connectivity index (χ1n) is 7.54. The molecule has 0 saturated heterocycles. The van der Waals surface area contributed by atoms with Crippen molar-refractivity contribution in [3.05, 3.63) is 95.0 Å². The van der Waals surface area contributed by atoms with Crippen LogP contribution in [0.5, 0.6) is 5.75 Å². The topological polar surface area (TPSA) is 38.3 Å². The number of benzene rings is 3. The first-order valence-corrected chi connectivity index (χ1v) is 7.92. The maximum atomic E-state index is 12.2. The summed E-state index contributed by atoms with van der Waals surface area (Å²) in [5.41, 5.74) is 2.32. The summed E-state index contributed by atoms with van der Waals surface area (Å²) in [5.74, 6) is 0.532. The van der Waals surface area contributed by atoms with Gasteiger partial charge in [0.1, 0.15) is 12.4 Å². The fourth-order valence-corrected chi connectivity index (χ4v) is 2.40. The predicted molar refractivity (Wildman–Crippen MR) is 96.6 cm³/mol. The molecule has 0 aromatic heterocycles. The van der Waals surface area contributed by atoms with Crippen LogP contribution >= 0.6 is 11.6 Å². The van der Waals surface area contributed by atoms with Gasteiger partial charge in [-0.2, -0.15) is 0 Å². The average molecular weight is 338 g/mol. The van der Waals surface area contributed by atoms with E-state index in [1.165, 1.54) is 0 Å². The molecule has 0 aliphatic heterocycles. The number of anilines is 1. The minimum Gasteiger partial charge on any atom is -0.489 e. The zero-order valence-corrected chi connectivity index (χ0v) is 13.7. The number of halogens is 1. The lowest BCUT2D eigenvalue weighted by Crippen LogP contribution is -2.11. The third kappa shape index (κ3) is 4.37. The largest absolute Gasteiger partial charge is 0.489 e. The van der Waals surface area contributed by atoms with E-state index < -0.39 is 0 Å². The van der Waals surface area contributed by atoms with Crippen LogP contribution in [0.3, 0.4) is 0 Å². The zero-order valence-electron chi connectivity index (χ0n) is 12.9. The molecule has 3 rings (SSSR count). The number of ether oxygens (including phenoxy) is 1. The summed E-state index contributed by atoms with van der Waals surface area (Å²) >= 11 is 5.91. The molecule has 0 atom stereocenters. The van der Waals surface area contributed by atoms with E-state index in [0.717, 1.165) is 11.3 Å². The smallest absolute Gasteiger partial charge is 0.255 e. The lowest BCUT2D eigenvalue weighted by molar-refractivity contribution is 0.102. The van der Waals surface area contributed by atoms with Gasteiger partial charge < -0.3 is 10.1 Å². The Bertz CT molecular complexity index is 817. The van der Waals surface area contributed by atoms with Gasteiger partial charge in [-0.15, -0.1) is 0 Å². The lowest BCUT2D eigenvalue weighted by atomic mass is 10.2. The highest BCUT2D eigenvalue weighted by molar-refractivity contribution is 6.30. The molecule has 1 N–H and O–H groups in total. The molecule has 4 heteroatoms. The molecule has 0 fully saturated rings. The first kappa shape index (κ1) is 16.1. The van der Waals surface area contributed by atoms with Crippen LogP contribution in [0, 0.1) is 0 Å². The number of amides is 1. The van der Waals surface area contributed by atoms with E-state index >= 15 is 0 Å². The van der Waals surface area contributed by atoms with Gasteiger partial charge in [0.2, 0.25) is 0 Å². The van der Waals surface area contributed by atoms with E-state index in [1.807, 2.05) is 30.3 Å². The number of rotatable bonds is 5. The van der Waals surface area contributed by atoms with E-state index in [-0.39, 0.29) is 5.91 Å². The van der Waals surface area contributed by atoms with Gasteiger partial charge in [-0.25, -0.2) is 0 Å². The van der Waals surface area contributed by atoms with Crippen molar-refractivity contribution in [3.8, 4) is 5.75 Å². The van der Waals surface area contributed by atoms with Crippen molar-refractivity contribution in [3.63, 3.8) is 0 Å². The fourth-order valence-electron chi connectivity index (χ4n) is 2.21. The molecule has 0 aliphatic carbocycles. The Labute approximate surface area is 145 Å². The molecule has 0 aliphatic rings. The molecule has 3 aromatic carbocycles. The molecule has 0 unspecified atom stereocenters. The summed E-state index contributed by atoms with van der Waals surface area (Å²) in [6.07, 6.45) is 0. The number of hydrogen-bond donors (Lipinski definition) is 1. The number of hydrogen-bond acceptors (Lipinski definition) is 2. The number of carbonyl (C=O) groups excluding carboxylic acids is 1. The van der Waals surface area contributed by atoms with Gasteiger partial charge in [-0.05, 0) is 48.0 Å². The Kier molecular flexibility index (Phi) is 5.14. The van der Waals surface area contributed by atoms with Crippen molar-refractivity contribution in [1.82, 2.24) is 0 Å². The molecule has 0 heterocycles. The second-order valence-electron chi connectivity index (χ2n) is 5.26. The predicted octanol–water partition coefficient (Wildman–Crippen LogP) is 5.17. The van der Waals surface area contributed by atoms with Gasteiger partial charge in [0.05, 0.1) is 0 Å². The van der Waals surface area contributed by atoms with E-state index in [9.17, 15) is 4.79 Å². The van der Waals surface area contributed by atoms with Crippen molar-refractivity contribution in [1.29, 1.82) is 0 Å². The van der Waals surface area contributed by atoms with Crippen molar-refractivity contribution in [2.24, 2.45) is 0 Å². The van der Waals surface area contributed by atoms with Gasteiger partial charge >= 0.3 is 0 Å². The van der Waals surface area contributed by atoms with Crippen LogP contribution in [0.1, 0.15) is 15.9 Å². The summed E-state index contributed by atoms with van der Waals surface area (Å²) < 4.78 is 5.71. The minimum atomic E-state index is -0.188. The second kappa shape index (κ2) is 7.66. The summed E-state index contributed by atoms with van der Waals surface area (Å²) in [7, 11) is 0. The number of nitrogens with one attached hydrogen (secondary N) is 1. The zero-order chi connectivity index (χ0) is 16.8. The van der Waals surface area contributed by atoms with E-state index in [2.05, 4.69) is 5.32 Å². The quantitative estimate of drug-likeness (QED) is 0.697. The van der Waals surface area contributed by atoms with Gasteiger partial charge in [0.25, 0.3) is 5.91 Å². The summed E-state index contributed by atoms with van der Waals surface area (Å²) in [4.78, 5) is 12.2. The van der Waals surface area contributed by atoms with Gasteiger partial charge in [-0.3, -0.25) is 4.79 Å². The molecular formula is C20H16ClNO2. The lowest BCUT2D eigenvalue weighted by Gasteiger charge is -2.08. The molecule has 1 amide bonds. The van der Waals surface area contributed by atoms with Crippen molar-refractivity contribution in [2.75, 3.05) is 5.32 Å². The molecule has 120 valence electrons. The first-order chi connectivity index (χ1) is 11.7. The van der Waals surface area contributed by atoms with E-state index in [1.54, 1.807) is 48.5 Å². The fraction of sp³-hybridized carbons (Fsp3) is 0.0500. The maximum Gasteiger partial charge on any atom is 0.255 e. The van der Waals surface area contributed by atoms with Crippen LogP contribution < -0.4 is 10.1 Å². The Balaban J connectivity index is 1.60. The Morgan fingerprint density at radius 2 is 1.67 bits per heavy atom. The maximum absolute atomic E-state index is 12.2. The SMILES string of the molecule is O=C(Nc1cccc(Cl)c1)c1ccc(OCc2ccccc2)cc1. The van der Waals surface area contributed by atoms with Crippen molar-refractivity contribution in [2.45, 2.75) is 6.61 Å². The summed E-state index contributed by atoms with van der Waals surface area (Å²) in [6, 6.07) is 24.0. The Morgan fingerprint density at radius 3 is 2.38 bits per heavy atom. The van der Waals surface area contributed by atoms with Crippen molar-refractivity contribution >= 4 is 23.2 Å². The van der Waals surface area contributed by atoms with Gasteiger partial charge in [0, 0.05) is 16.3 Å². The normalized spacial score (nSPS) is 10.2. The summed E-state index contributed by atoms with van der Waals surface area (Å²) in [5, 5.41) is 3.39. The van der Waals surface area contributed by atoms with Crippen LogP contribution in [-0.2, 0) is 6.61 Å². The number of carbonyl (C=O) groups is 1. The Hall–Kier alpha value is -2.78.